The van der Waals surface area contributed by atoms with Gasteiger partial charge in [0.05, 0.1) is 5.69 Å². The second-order valence-corrected chi connectivity index (χ2v) is 3.73. The number of hydrogen-bond acceptors (Lipinski definition) is 3. The molecule has 2 rings (SSSR count). The van der Waals surface area contributed by atoms with E-state index in [1.54, 1.807) is 6.20 Å². The summed E-state index contributed by atoms with van der Waals surface area (Å²) in [5.74, 6) is 1.47. The number of nitrogens with two attached hydrogens (primary N) is 1. The van der Waals surface area contributed by atoms with Gasteiger partial charge in [-0.05, 0) is 31.5 Å². The smallest absolute Gasteiger partial charge is 0.153 e. The van der Waals surface area contributed by atoms with Crippen LogP contribution in [0.15, 0.2) is 36.5 Å². The summed E-state index contributed by atoms with van der Waals surface area (Å²) in [6.45, 7) is 3.90. The lowest BCUT2D eigenvalue weighted by molar-refractivity contribution is 0.480. The average molecular weight is 214 g/mol. The van der Waals surface area contributed by atoms with Gasteiger partial charge in [-0.25, -0.2) is 0 Å². The predicted octanol–water partition coefficient (Wildman–Crippen LogP) is 3.07. The van der Waals surface area contributed by atoms with Crippen LogP contribution in [-0.2, 0) is 0 Å². The van der Waals surface area contributed by atoms with Gasteiger partial charge in [0.25, 0.3) is 0 Å². The zero-order valence-electron chi connectivity index (χ0n) is 9.40. The maximum absolute atomic E-state index is 5.87. The number of para-hydroxylation sites is 1. The highest BCUT2D eigenvalue weighted by atomic mass is 16.5. The van der Waals surface area contributed by atoms with E-state index in [-0.39, 0.29) is 0 Å². The van der Waals surface area contributed by atoms with Crippen LogP contribution >= 0.6 is 0 Å². The Bertz CT molecular complexity index is 489. The van der Waals surface area contributed by atoms with E-state index in [1.807, 2.05) is 44.2 Å². The first-order valence-electron chi connectivity index (χ1n) is 5.12. The molecule has 1 heterocycles. The predicted molar refractivity (Wildman–Crippen MR) is 64.6 cm³/mol. The third-order valence-corrected chi connectivity index (χ3v) is 2.33. The van der Waals surface area contributed by atoms with Gasteiger partial charge in [0.1, 0.15) is 5.75 Å². The maximum atomic E-state index is 5.87. The first-order chi connectivity index (χ1) is 7.66. The number of rotatable bonds is 2. The summed E-state index contributed by atoms with van der Waals surface area (Å²) in [5, 5.41) is 0. The third kappa shape index (κ3) is 2.14. The van der Waals surface area contributed by atoms with Gasteiger partial charge >= 0.3 is 0 Å². The molecule has 0 unspecified atom stereocenters. The average Bonchev–Trinajstić information content (AvgIpc) is 2.24. The molecule has 2 aromatic rings. The minimum absolute atomic E-state index is 0.648. The first-order valence-corrected chi connectivity index (χ1v) is 5.12. The van der Waals surface area contributed by atoms with E-state index in [2.05, 4.69) is 4.98 Å². The lowest BCUT2D eigenvalue weighted by atomic mass is 10.2. The molecule has 0 saturated heterocycles. The van der Waals surface area contributed by atoms with E-state index < -0.39 is 0 Å². The van der Waals surface area contributed by atoms with Crippen LogP contribution in [-0.4, -0.2) is 4.98 Å². The lowest BCUT2D eigenvalue weighted by Gasteiger charge is -2.11. The maximum Gasteiger partial charge on any atom is 0.153 e. The van der Waals surface area contributed by atoms with Gasteiger partial charge < -0.3 is 10.5 Å². The number of benzene rings is 1. The Hall–Kier alpha value is -2.03. The summed E-state index contributed by atoms with van der Waals surface area (Å²) in [6.07, 6.45) is 1.72. The van der Waals surface area contributed by atoms with Crippen molar-refractivity contribution in [3.8, 4) is 11.5 Å². The molecule has 0 atom stereocenters. The molecule has 0 aliphatic rings. The SMILES string of the molecule is Cc1cc(Oc2c(C)cccc2N)ccn1. The fourth-order valence-electron chi connectivity index (χ4n) is 1.52. The van der Waals surface area contributed by atoms with Crippen molar-refractivity contribution in [2.45, 2.75) is 13.8 Å². The first kappa shape index (κ1) is 10.5. The fraction of sp³-hybridized carbons (Fsp3) is 0.154. The van der Waals surface area contributed by atoms with Crippen LogP contribution < -0.4 is 10.5 Å². The van der Waals surface area contributed by atoms with Crippen LogP contribution in [0.1, 0.15) is 11.3 Å². The number of anilines is 1. The minimum atomic E-state index is 0.648. The van der Waals surface area contributed by atoms with E-state index in [0.29, 0.717) is 11.4 Å². The van der Waals surface area contributed by atoms with Crippen molar-refractivity contribution in [2.24, 2.45) is 0 Å². The number of ether oxygens (including phenoxy) is 1. The summed E-state index contributed by atoms with van der Waals surface area (Å²) >= 11 is 0. The normalized spacial score (nSPS) is 10.1. The van der Waals surface area contributed by atoms with Crippen molar-refractivity contribution in [3.63, 3.8) is 0 Å². The van der Waals surface area contributed by atoms with E-state index in [9.17, 15) is 0 Å². The van der Waals surface area contributed by atoms with E-state index in [1.165, 1.54) is 0 Å². The molecule has 3 heteroatoms. The molecule has 0 amide bonds. The van der Waals surface area contributed by atoms with Crippen LogP contribution in [0.4, 0.5) is 5.69 Å². The third-order valence-electron chi connectivity index (χ3n) is 2.33. The Morgan fingerprint density at radius 3 is 2.69 bits per heavy atom. The Morgan fingerprint density at radius 2 is 2.00 bits per heavy atom. The van der Waals surface area contributed by atoms with Gasteiger partial charge in [0, 0.05) is 18.0 Å². The van der Waals surface area contributed by atoms with Crippen LogP contribution in [0.3, 0.4) is 0 Å². The lowest BCUT2D eigenvalue weighted by Crippen LogP contribution is -1.94. The molecule has 0 saturated carbocycles. The van der Waals surface area contributed by atoms with Crippen molar-refractivity contribution < 1.29 is 4.74 Å². The van der Waals surface area contributed by atoms with Gasteiger partial charge in [-0.15, -0.1) is 0 Å². The molecule has 16 heavy (non-hydrogen) atoms. The van der Waals surface area contributed by atoms with E-state index in [4.69, 9.17) is 10.5 Å². The summed E-state index contributed by atoms with van der Waals surface area (Å²) in [5.41, 5.74) is 8.46. The highest BCUT2D eigenvalue weighted by Gasteiger charge is 2.05. The molecule has 3 nitrogen and oxygen atoms in total. The molecular formula is C13H14N2O. The Morgan fingerprint density at radius 1 is 1.19 bits per heavy atom. The monoisotopic (exact) mass is 214 g/mol. The highest BCUT2D eigenvalue weighted by molar-refractivity contribution is 5.57. The van der Waals surface area contributed by atoms with Crippen LogP contribution in [0, 0.1) is 13.8 Å². The zero-order chi connectivity index (χ0) is 11.5. The molecule has 0 radical (unpaired) electrons. The van der Waals surface area contributed by atoms with Crippen molar-refractivity contribution >= 4 is 5.69 Å². The van der Waals surface area contributed by atoms with Crippen molar-refractivity contribution in [1.29, 1.82) is 0 Å². The number of pyridine rings is 1. The molecule has 0 bridgehead atoms. The molecule has 0 aliphatic carbocycles. The molecule has 2 N–H and O–H groups in total. The quantitative estimate of drug-likeness (QED) is 0.781. The van der Waals surface area contributed by atoms with Crippen molar-refractivity contribution in [3.05, 3.63) is 47.8 Å². The van der Waals surface area contributed by atoms with Crippen LogP contribution in [0.2, 0.25) is 0 Å². The molecule has 0 spiro atoms. The summed E-state index contributed by atoms with van der Waals surface area (Å²) in [4.78, 5) is 4.12. The number of aromatic nitrogens is 1. The summed E-state index contributed by atoms with van der Waals surface area (Å²) < 4.78 is 5.76. The summed E-state index contributed by atoms with van der Waals surface area (Å²) in [6, 6.07) is 9.41. The Labute approximate surface area is 94.9 Å². The molecule has 82 valence electrons. The van der Waals surface area contributed by atoms with Gasteiger partial charge in [0.2, 0.25) is 0 Å². The van der Waals surface area contributed by atoms with Crippen LogP contribution in [0.5, 0.6) is 11.5 Å². The fourth-order valence-corrected chi connectivity index (χ4v) is 1.52. The van der Waals surface area contributed by atoms with Crippen molar-refractivity contribution in [1.82, 2.24) is 4.98 Å². The number of nitrogen functional groups attached to an aromatic ring is 1. The van der Waals surface area contributed by atoms with Gasteiger partial charge in [0.15, 0.2) is 5.75 Å². The second-order valence-electron chi connectivity index (χ2n) is 3.73. The van der Waals surface area contributed by atoms with Crippen molar-refractivity contribution in [2.75, 3.05) is 5.73 Å². The number of nitrogens with zero attached hydrogens (tertiary/aromatic N) is 1. The zero-order valence-corrected chi connectivity index (χ0v) is 9.40. The standard InChI is InChI=1S/C13H14N2O/c1-9-4-3-5-12(14)13(9)16-11-6-7-15-10(2)8-11/h3-8H,14H2,1-2H3. The second kappa shape index (κ2) is 4.23. The van der Waals surface area contributed by atoms with Gasteiger partial charge in [-0.1, -0.05) is 12.1 Å². The Kier molecular flexibility index (Phi) is 2.77. The molecule has 1 aromatic carbocycles. The molecule has 0 aliphatic heterocycles. The molecule has 1 aromatic heterocycles. The van der Waals surface area contributed by atoms with E-state index >= 15 is 0 Å². The minimum Gasteiger partial charge on any atom is -0.455 e. The number of hydrogen-bond donors (Lipinski definition) is 1. The van der Waals surface area contributed by atoms with Gasteiger partial charge in [-0.2, -0.15) is 0 Å². The Balaban J connectivity index is 2.34. The number of aryl methyl sites for hydroxylation is 2. The summed E-state index contributed by atoms with van der Waals surface area (Å²) in [7, 11) is 0. The largest absolute Gasteiger partial charge is 0.455 e. The van der Waals surface area contributed by atoms with Crippen LogP contribution in [0.25, 0.3) is 0 Å². The highest BCUT2D eigenvalue weighted by Crippen LogP contribution is 2.30. The topological polar surface area (TPSA) is 48.1 Å². The molecular weight excluding hydrogens is 200 g/mol. The van der Waals surface area contributed by atoms with E-state index in [0.717, 1.165) is 17.0 Å². The molecule has 0 fully saturated rings. The van der Waals surface area contributed by atoms with Gasteiger partial charge in [-0.3, -0.25) is 4.98 Å².